The minimum absolute atomic E-state index is 0.740. The largest absolute Gasteiger partial charge is 0.332 e. The third kappa shape index (κ3) is 1.98. The minimum atomic E-state index is 0.740. The SMILES string of the molecule is Cc1cc(C)n(Cc2cccc3ccccc23)c1C#N. The van der Waals surface area contributed by atoms with E-state index < -0.39 is 0 Å². The van der Waals surface area contributed by atoms with Crippen molar-refractivity contribution in [2.24, 2.45) is 0 Å². The Labute approximate surface area is 118 Å². The fourth-order valence-electron chi connectivity index (χ4n) is 2.80. The van der Waals surface area contributed by atoms with Gasteiger partial charge in [-0.15, -0.1) is 0 Å². The van der Waals surface area contributed by atoms with E-state index in [-0.39, 0.29) is 0 Å². The molecular weight excluding hydrogens is 244 g/mol. The molecule has 0 bridgehead atoms. The molecule has 2 aromatic carbocycles. The molecule has 0 radical (unpaired) electrons. The van der Waals surface area contributed by atoms with E-state index >= 15 is 0 Å². The van der Waals surface area contributed by atoms with Crippen molar-refractivity contribution in [3.8, 4) is 6.07 Å². The molecule has 0 unspecified atom stereocenters. The van der Waals surface area contributed by atoms with Gasteiger partial charge in [0.15, 0.2) is 0 Å². The lowest BCUT2D eigenvalue weighted by Crippen LogP contribution is -2.05. The number of hydrogen-bond acceptors (Lipinski definition) is 1. The Morgan fingerprint density at radius 3 is 2.60 bits per heavy atom. The maximum atomic E-state index is 9.33. The van der Waals surface area contributed by atoms with Gasteiger partial charge in [-0.05, 0) is 41.8 Å². The van der Waals surface area contributed by atoms with Crippen molar-refractivity contribution in [2.75, 3.05) is 0 Å². The molecule has 0 aliphatic carbocycles. The number of rotatable bonds is 2. The van der Waals surface area contributed by atoms with Crippen LogP contribution in [0.2, 0.25) is 0 Å². The number of hydrogen-bond donors (Lipinski definition) is 0. The maximum absolute atomic E-state index is 9.33. The molecule has 0 saturated carbocycles. The van der Waals surface area contributed by atoms with Gasteiger partial charge in [-0.1, -0.05) is 42.5 Å². The van der Waals surface area contributed by atoms with Crippen molar-refractivity contribution in [3.63, 3.8) is 0 Å². The summed E-state index contributed by atoms with van der Waals surface area (Å²) >= 11 is 0. The van der Waals surface area contributed by atoms with Gasteiger partial charge in [0.2, 0.25) is 0 Å². The molecule has 0 atom stereocenters. The smallest absolute Gasteiger partial charge is 0.123 e. The van der Waals surface area contributed by atoms with Crippen LogP contribution in [0.15, 0.2) is 48.5 Å². The van der Waals surface area contributed by atoms with Gasteiger partial charge in [0, 0.05) is 12.2 Å². The first-order chi connectivity index (χ1) is 9.70. The second kappa shape index (κ2) is 4.86. The average Bonchev–Trinajstić information content (AvgIpc) is 2.73. The Kier molecular flexibility index (Phi) is 3.04. The molecule has 2 heteroatoms. The van der Waals surface area contributed by atoms with Gasteiger partial charge >= 0.3 is 0 Å². The third-order valence-corrected chi connectivity index (χ3v) is 3.81. The Morgan fingerprint density at radius 2 is 1.80 bits per heavy atom. The summed E-state index contributed by atoms with van der Waals surface area (Å²) in [6.07, 6.45) is 0. The molecule has 20 heavy (non-hydrogen) atoms. The van der Waals surface area contributed by atoms with Crippen LogP contribution in [-0.4, -0.2) is 4.57 Å². The number of nitrogens with zero attached hydrogens (tertiary/aromatic N) is 2. The van der Waals surface area contributed by atoms with E-state index in [1.807, 2.05) is 6.92 Å². The molecular formula is C18H16N2. The van der Waals surface area contributed by atoms with Crippen molar-refractivity contribution < 1.29 is 0 Å². The predicted molar refractivity (Wildman–Crippen MR) is 81.7 cm³/mol. The van der Waals surface area contributed by atoms with Gasteiger partial charge in [0.05, 0.1) is 0 Å². The molecule has 0 aliphatic heterocycles. The van der Waals surface area contributed by atoms with E-state index in [4.69, 9.17) is 0 Å². The Bertz CT molecular complexity index is 814. The van der Waals surface area contributed by atoms with Crippen LogP contribution in [0.25, 0.3) is 10.8 Å². The second-order valence-corrected chi connectivity index (χ2v) is 5.15. The van der Waals surface area contributed by atoms with Crippen LogP contribution in [0, 0.1) is 25.2 Å². The molecule has 0 spiro atoms. The van der Waals surface area contributed by atoms with Crippen LogP contribution < -0.4 is 0 Å². The van der Waals surface area contributed by atoms with E-state index in [2.05, 4.69) is 66.1 Å². The Morgan fingerprint density at radius 1 is 1.05 bits per heavy atom. The van der Waals surface area contributed by atoms with Gasteiger partial charge in [-0.2, -0.15) is 5.26 Å². The Balaban J connectivity index is 2.13. The van der Waals surface area contributed by atoms with E-state index in [9.17, 15) is 5.26 Å². The molecule has 0 N–H and O–H groups in total. The lowest BCUT2D eigenvalue weighted by molar-refractivity contribution is 0.768. The maximum Gasteiger partial charge on any atom is 0.123 e. The van der Waals surface area contributed by atoms with Crippen molar-refractivity contribution in [1.82, 2.24) is 4.57 Å². The summed E-state index contributed by atoms with van der Waals surface area (Å²) in [6.45, 7) is 4.79. The summed E-state index contributed by atoms with van der Waals surface area (Å²) in [5.41, 5.74) is 4.19. The number of aryl methyl sites for hydroxylation is 2. The molecule has 0 fully saturated rings. The first-order valence-corrected chi connectivity index (χ1v) is 6.74. The van der Waals surface area contributed by atoms with Gasteiger partial charge in [-0.3, -0.25) is 0 Å². The Hall–Kier alpha value is -2.53. The molecule has 2 nitrogen and oxygen atoms in total. The standard InChI is InChI=1S/C18H16N2/c1-13-10-14(2)20(18(13)11-19)12-16-8-5-7-15-6-3-4-9-17(15)16/h3-10H,12H2,1-2H3. The highest BCUT2D eigenvalue weighted by molar-refractivity contribution is 5.85. The quantitative estimate of drug-likeness (QED) is 0.679. The van der Waals surface area contributed by atoms with E-state index in [0.717, 1.165) is 23.5 Å². The minimum Gasteiger partial charge on any atom is -0.332 e. The summed E-state index contributed by atoms with van der Waals surface area (Å²) in [5.74, 6) is 0. The zero-order chi connectivity index (χ0) is 14.1. The van der Waals surface area contributed by atoms with Gasteiger partial charge in [0.25, 0.3) is 0 Å². The lowest BCUT2D eigenvalue weighted by atomic mass is 10.0. The third-order valence-electron chi connectivity index (χ3n) is 3.81. The molecule has 1 heterocycles. The first kappa shape index (κ1) is 12.5. The van der Waals surface area contributed by atoms with Gasteiger partial charge in [-0.25, -0.2) is 0 Å². The molecule has 0 aliphatic rings. The van der Waals surface area contributed by atoms with Crippen molar-refractivity contribution in [3.05, 3.63) is 71.0 Å². The first-order valence-electron chi connectivity index (χ1n) is 6.74. The van der Waals surface area contributed by atoms with Crippen LogP contribution in [0.3, 0.4) is 0 Å². The molecule has 98 valence electrons. The summed E-state index contributed by atoms with van der Waals surface area (Å²) in [4.78, 5) is 0. The number of fused-ring (bicyclic) bond motifs is 1. The van der Waals surface area contributed by atoms with Gasteiger partial charge in [0.1, 0.15) is 11.8 Å². The predicted octanol–water partition coefficient (Wildman–Crippen LogP) is 4.18. The zero-order valence-electron chi connectivity index (χ0n) is 11.7. The number of nitriles is 1. The van der Waals surface area contributed by atoms with Crippen LogP contribution in [-0.2, 0) is 6.54 Å². The highest BCUT2D eigenvalue weighted by Crippen LogP contribution is 2.22. The number of aromatic nitrogens is 1. The average molecular weight is 260 g/mol. The fraction of sp³-hybridized carbons (Fsp3) is 0.167. The van der Waals surface area contributed by atoms with E-state index in [1.54, 1.807) is 0 Å². The molecule has 1 aromatic heterocycles. The number of benzene rings is 2. The summed E-state index contributed by atoms with van der Waals surface area (Å²) in [7, 11) is 0. The van der Waals surface area contributed by atoms with Crippen LogP contribution >= 0.6 is 0 Å². The molecule has 0 saturated heterocycles. The van der Waals surface area contributed by atoms with Crippen LogP contribution in [0.4, 0.5) is 0 Å². The van der Waals surface area contributed by atoms with E-state index in [0.29, 0.717) is 0 Å². The highest BCUT2D eigenvalue weighted by atomic mass is 15.0. The van der Waals surface area contributed by atoms with Crippen molar-refractivity contribution in [1.29, 1.82) is 5.26 Å². The fourth-order valence-corrected chi connectivity index (χ4v) is 2.80. The monoisotopic (exact) mass is 260 g/mol. The lowest BCUT2D eigenvalue weighted by Gasteiger charge is -2.11. The van der Waals surface area contributed by atoms with Crippen molar-refractivity contribution in [2.45, 2.75) is 20.4 Å². The van der Waals surface area contributed by atoms with Gasteiger partial charge < -0.3 is 4.57 Å². The molecule has 3 aromatic rings. The summed E-state index contributed by atoms with van der Waals surface area (Å²) in [6, 6.07) is 19.1. The van der Waals surface area contributed by atoms with Crippen LogP contribution in [0.5, 0.6) is 0 Å². The van der Waals surface area contributed by atoms with Crippen LogP contribution in [0.1, 0.15) is 22.5 Å². The van der Waals surface area contributed by atoms with E-state index in [1.165, 1.54) is 16.3 Å². The molecule has 3 rings (SSSR count). The highest BCUT2D eigenvalue weighted by Gasteiger charge is 2.10. The normalized spacial score (nSPS) is 10.7. The summed E-state index contributed by atoms with van der Waals surface area (Å²) < 4.78 is 2.09. The topological polar surface area (TPSA) is 28.7 Å². The summed E-state index contributed by atoms with van der Waals surface area (Å²) in [5, 5.41) is 11.8. The van der Waals surface area contributed by atoms with Crippen molar-refractivity contribution >= 4 is 10.8 Å². The zero-order valence-corrected chi connectivity index (χ0v) is 11.7. The second-order valence-electron chi connectivity index (χ2n) is 5.15. The molecule has 0 amide bonds.